The molecule has 0 saturated heterocycles. The molecule has 3 aliphatic rings. The maximum atomic E-state index is 13.7. The lowest BCUT2D eigenvalue weighted by molar-refractivity contribution is -0.196. The first-order valence-electron chi connectivity index (χ1n) is 10.8. The number of primary amides is 1. The van der Waals surface area contributed by atoms with Gasteiger partial charge < -0.3 is 26.2 Å². The van der Waals surface area contributed by atoms with Gasteiger partial charge in [0.05, 0.1) is 29.5 Å². The lowest BCUT2D eigenvalue weighted by atomic mass is 9.49. The molecular weight excluding hydrogens is 464 g/mol. The van der Waals surface area contributed by atoms with Crippen molar-refractivity contribution in [3.8, 4) is 5.75 Å². The quantitative estimate of drug-likeness (QED) is 0.296. The first kappa shape index (κ1) is 24.6. The van der Waals surface area contributed by atoms with Crippen molar-refractivity contribution < 1.29 is 49.2 Å². The second-order valence-electron chi connectivity index (χ2n) is 9.60. The average molecular weight is 488 g/mol. The lowest BCUT2D eigenvalue weighted by Crippen LogP contribution is -2.77. The van der Waals surface area contributed by atoms with E-state index >= 15 is 0 Å². The van der Waals surface area contributed by atoms with Crippen LogP contribution >= 0.6 is 0 Å². The number of ketones is 4. The number of phenols is 1. The van der Waals surface area contributed by atoms with Crippen LogP contribution in [0.5, 0.6) is 5.75 Å². The predicted octanol–water partition coefficient (Wildman–Crippen LogP) is -1.90. The zero-order valence-electron chi connectivity index (χ0n) is 19.0. The number of rotatable bonds is 3. The minimum Gasteiger partial charge on any atom is -0.506 e. The monoisotopic (exact) mass is 488 g/mol. The van der Waals surface area contributed by atoms with Gasteiger partial charge in [0, 0.05) is 5.92 Å². The largest absolute Gasteiger partial charge is 0.506 e. The molecule has 12 heteroatoms. The van der Waals surface area contributed by atoms with Crippen molar-refractivity contribution in [2.45, 2.75) is 30.6 Å². The van der Waals surface area contributed by atoms with Crippen LogP contribution in [0.3, 0.4) is 0 Å². The topological polar surface area (TPSA) is 213 Å². The molecule has 1 amide bonds. The first-order valence-corrected chi connectivity index (χ1v) is 10.8. The summed E-state index contributed by atoms with van der Waals surface area (Å²) >= 11 is 0. The fourth-order valence-corrected chi connectivity index (χ4v) is 6.16. The van der Waals surface area contributed by atoms with Gasteiger partial charge in [-0.15, -0.1) is 0 Å². The third-order valence-electron chi connectivity index (χ3n) is 7.72. The molecule has 1 aromatic carbocycles. The van der Waals surface area contributed by atoms with Crippen molar-refractivity contribution in [2.75, 3.05) is 14.1 Å². The van der Waals surface area contributed by atoms with E-state index in [1.807, 2.05) is 0 Å². The zero-order chi connectivity index (χ0) is 26.3. The number of nitrogens with two attached hydrogens (primary N) is 1. The van der Waals surface area contributed by atoms with Crippen LogP contribution in [-0.2, 0) is 19.2 Å². The number of Topliss-reactive ketones (excluding diaryl/α,β-unsaturated/α-hetero) is 4. The van der Waals surface area contributed by atoms with Crippen molar-refractivity contribution in [1.82, 2.24) is 4.90 Å². The summed E-state index contributed by atoms with van der Waals surface area (Å²) < 4.78 is 0. The molecule has 0 aliphatic heterocycles. The molecule has 12 nitrogen and oxygen atoms in total. The molecule has 4 rings (SSSR count). The number of hydrogen-bond acceptors (Lipinski definition) is 10. The third kappa shape index (κ3) is 2.96. The number of aromatic hydroxyl groups is 1. The normalized spacial score (nSPS) is 36.5. The molecule has 0 bridgehead atoms. The van der Waals surface area contributed by atoms with Crippen LogP contribution in [0.4, 0.5) is 0 Å². The van der Waals surface area contributed by atoms with Crippen LogP contribution in [0.2, 0.25) is 0 Å². The van der Waals surface area contributed by atoms with Crippen LogP contribution in [0.25, 0.3) is 0 Å². The van der Waals surface area contributed by atoms with Gasteiger partial charge in [-0.3, -0.25) is 28.9 Å². The Kier molecular flexibility index (Phi) is 5.47. The fraction of sp³-hybridized carbons (Fsp3) is 0.478. The number of amides is 1. The summed E-state index contributed by atoms with van der Waals surface area (Å²) in [6, 6.07) is 0.919. The number of nitrogens with zero attached hydrogens (tertiary/aromatic N) is 1. The number of fused-ring (bicyclic) bond motifs is 3. The molecule has 186 valence electrons. The number of aliphatic hydroxyl groups is 2. The number of carboxylic acid groups (broad SMARTS) is 1. The number of hydrogen-bond donors (Lipinski definition) is 5. The van der Waals surface area contributed by atoms with Crippen molar-refractivity contribution in [1.29, 1.82) is 0 Å². The Bertz CT molecular complexity index is 1220. The number of likely N-dealkylation sites (N-methyl/N-ethyl adjacent to an activating group) is 1. The van der Waals surface area contributed by atoms with Gasteiger partial charge in [-0.1, -0.05) is 13.0 Å². The molecule has 2 fully saturated rings. The van der Waals surface area contributed by atoms with Gasteiger partial charge in [-0.2, -0.15) is 0 Å². The average Bonchev–Trinajstić information content (AvgIpc) is 2.75. The van der Waals surface area contributed by atoms with Crippen molar-refractivity contribution in [3.63, 3.8) is 0 Å². The Morgan fingerprint density at radius 2 is 1.69 bits per heavy atom. The first-order chi connectivity index (χ1) is 16.2. The number of aromatic carboxylic acids is 1. The van der Waals surface area contributed by atoms with Crippen LogP contribution < -0.4 is 5.73 Å². The van der Waals surface area contributed by atoms with Gasteiger partial charge in [0.1, 0.15) is 11.3 Å². The van der Waals surface area contributed by atoms with E-state index in [1.54, 1.807) is 0 Å². The van der Waals surface area contributed by atoms with Gasteiger partial charge in [0.25, 0.3) is 0 Å². The van der Waals surface area contributed by atoms with Crippen LogP contribution in [0.15, 0.2) is 12.1 Å². The SMILES string of the molecule is CC1c2ccc(C(=O)O)c(O)c2C(=O)C2C(=O)[C@]3(O)C(=O)C(C(N)=O)C(=O)[C@@H](N(C)C)C3C(O)C21. The van der Waals surface area contributed by atoms with Crippen LogP contribution in [0.1, 0.15) is 39.1 Å². The standard InChI is InChI=1S/C23H24N2O10/c1-6-7-4-5-8(22(33)34)15(26)10(7)16(27)11-9(6)17(28)13-14(25(2)3)18(29)12(21(24)32)20(31)23(13,35)19(11)30/h4-6,9,11-14,17,26,28,35H,1-3H3,(H2,24,32)(H,33,34)/t6?,9?,11?,12?,13?,14-,17?,23-/m0/s1. The minimum atomic E-state index is -3.10. The van der Waals surface area contributed by atoms with E-state index in [9.17, 15) is 49.2 Å². The highest BCUT2D eigenvalue weighted by Crippen LogP contribution is 2.54. The molecule has 3 aliphatic carbocycles. The van der Waals surface area contributed by atoms with Gasteiger partial charge in [0.15, 0.2) is 34.7 Å². The summed E-state index contributed by atoms with van der Waals surface area (Å²) in [6.07, 6.45) is -1.75. The second-order valence-corrected chi connectivity index (χ2v) is 9.60. The van der Waals surface area contributed by atoms with Gasteiger partial charge >= 0.3 is 5.97 Å². The van der Waals surface area contributed by atoms with Crippen molar-refractivity contribution in [3.05, 3.63) is 28.8 Å². The second kappa shape index (κ2) is 7.77. The number of carbonyl (C=O) groups excluding carboxylic acids is 5. The molecule has 1 aromatic rings. The highest BCUT2D eigenvalue weighted by Gasteiger charge is 2.72. The summed E-state index contributed by atoms with van der Waals surface area (Å²) in [7, 11) is 2.80. The number of carbonyl (C=O) groups is 6. The Balaban J connectivity index is 1.97. The lowest BCUT2D eigenvalue weighted by Gasteiger charge is -2.56. The fourth-order valence-electron chi connectivity index (χ4n) is 6.16. The summed E-state index contributed by atoms with van der Waals surface area (Å²) in [5, 5.41) is 42.8. The molecule has 0 aromatic heterocycles. The van der Waals surface area contributed by atoms with Gasteiger partial charge in [-0.05, 0) is 31.6 Å². The predicted molar refractivity (Wildman–Crippen MR) is 114 cm³/mol. The van der Waals surface area contributed by atoms with E-state index < -0.39 is 99.2 Å². The Morgan fingerprint density at radius 3 is 2.20 bits per heavy atom. The molecule has 35 heavy (non-hydrogen) atoms. The van der Waals surface area contributed by atoms with E-state index in [1.165, 1.54) is 32.0 Å². The van der Waals surface area contributed by atoms with Crippen LogP contribution in [0, 0.1) is 23.7 Å². The van der Waals surface area contributed by atoms with Crippen molar-refractivity contribution in [2.24, 2.45) is 29.4 Å². The Morgan fingerprint density at radius 1 is 1.09 bits per heavy atom. The number of carboxylic acids is 1. The molecule has 2 saturated carbocycles. The molecule has 8 atom stereocenters. The number of aliphatic hydroxyl groups excluding tert-OH is 1. The van der Waals surface area contributed by atoms with E-state index in [0.29, 0.717) is 0 Å². The molecule has 6 unspecified atom stereocenters. The highest BCUT2D eigenvalue weighted by molar-refractivity contribution is 6.32. The van der Waals surface area contributed by atoms with Crippen LogP contribution in [-0.4, -0.2) is 92.2 Å². The van der Waals surface area contributed by atoms with Gasteiger partial charge in [0.2, 0.25) is 5.91 Å². The summed E-state index contributed by atoms with van der Waals surface area (Å²) in [5.41, 5.74) is 1.25. The van der Waals surface area contributed by atoms with E-state index in [4.69, 9.17) is 5.73 Å². The molecule has 6 N–H and O–H groups in total. The molecule has 0 radical (unpaired) electrons. The Hall–Kier alpha value is -3.48. The highest BCUT2D eigenvalue weighted by atomic mass is 16.4. The molecule has 0 spiro atoms. The van der Waals surface area contributed by atoms with Crippen molar-refractivity contribution >= 4 is 35.0 Å². The zero-order valence-corrected chi connectivity index (χ0v) is 19.0. The summed E-state index contributed by atoms with van der Waals surface area (Å²) in [4.78, 5) is 78.2. The maximum absolute atomic E-state index is 13.7. The maximum Gasteiger partial charge on any atom is 0.339 e. The summed E-state index contributed by atoms with van der Waals surface area (Å²) in [5.74, 6) is -16.5. The molecule has 0 heterocycles. The third-order valence-corrected chi connectivity index (χ3v) is 7.72. The van der Waals surface area contributed by atoms with E-state index in [-0.39, 0.29) is 5.56 Å². The minimum absolute atomic E-state index is 0.168. The van der Waals surface area contributed by atoms with E-state index in [2.05, 4.69) is 0 Å². The molecular formula is C23H24N2O10. The summed E-state index contributed by atoms with van der Waals surface area (Å²) in [6.45, 7) is 1.53. The van der Waals surface area contributed by atoms with Gasteiger partial charge in [-0.25, -0.2) is 4.79 Å². The Labute approximate surface area is 198 Å². The number of benzene rings is 1. The van der Waals surface area contributed by atoms with E-state index in [0.717, 1.165) is 6.07 Å². The smallest absolute Gasteiger partial charge is 0.339 e.